The number of fused-ring (bicyclic) bond motifs is 1. The number of carbonyl (C=O) groups is 1. The van der Waals surface area contributed by atoms with E-state index >= 15 is 0 Å². The molecule has 0 unspecified atom stereocenters. The lowest BCUT2D eigenvalue weighted by molar-refractivity contribution is 0.0973. The molecule has 3 aromatic rings. The van der Waals surface area contributed by atoms with Gasteiger partial charge in [0.25, 0.3) is 5.95 Å². The van der Waals surface area contributed by atoms with Crippen molar-refractivity contribution in [2.45, 2.75) is 26.2 Å². The maximum atomic E-state index is 12.5. The van der Waals surface area contributed by atoms with E-state index in [9.17, 15) is 4.79 Å². The van der Waals surface area contributed by atoms with Crippen LogP contribution in [0.15, 0.2) is 42.7 Å². The van der Waals surface area contributed by atoms with Gasteiger partial charge < -0.3 is 5.32 Å². The number of aromatic nitrogens is 4. The van der Waals surface area contributed by atoms with Gasteiger partial charge in [-0.3, -0.25) is 4.79 Å². The van der Waals surface area contributed by atoms with Crippen molar-refractivity contribution in [1.82, 2.24) is 19.7 Å². The maximum Gasteiger partial charge on any atom is 0.250 e. The molecule has 4 rings (SSSR count). The number of benzene rings is 1. The van der Waals surface area contributed by atoms with Gasteiger partial charge in [0.05, 0.1) is 11.3 Å². The van der Waals surface area contributed by atoms with Gasteiger partial charge in [-0.05, 0) is 43.5 Å². The molecular weight excluding hydrogens is 302 g/mol. The van der Waals surface area contributed by atoms with Crippen molar-refractivity contribution in [2.75, 3.05) is 5.32 Å². The van der Waals surface area contributed by atoms with Crippen LogP contribution in [0.1, 0.15) is 34.5 Å². The van der Waals surface area contributed by atoms with Crippen LogP contribution in [0.2, 0.25) is 0 Å². The Hall–Kier alpha value is -3.02. The van der Waals surface area contributed by atoms with E-state index in [0.29, 0.717) is 23.8 Å². The molecule has 2 aromatic heterocycles. The fourth-order valence-electron chi connectivity index (χ4n) is 3.03. The lowest BCUT2D eigenvalue weighted by Crippen LogP contribution is -2.14. The summed E-state index contributed by atoms with van der Waals surface area (Å²) in [7, 11) is 0. The first kappa shape index (κ1) is 14.6. The second kappa shape index (κ2) is 5.88. The highest BCUT2D eigenvalue weighted by molar-refractivity contribution is 6.03. The Bertz CT molecular complexity index is 901. The van der Waals surface area contributed by atoms with Gasteiger partial charge in [-0.25, -0.2) is 14.6 Å². The topological polar surface area (TPSA) is 72.7 Å². The lowest BCUT2D eigenvalue weighted by atomic mass is 9.96. The molecule has 1 N–H and O–H groups in total. The van der Waals surface area contributed by atoms with Crippen molar-refractivity contribution in [2.24, 2.45) is 0 Å². The molecular formula is C18H17N5O. The molecule has 0 saturated carbocycles. The summed E-state index contributed by atoms with van der Waals surface area (Å²) in [4.78, 5) is 21.0. The number of hydrogen-bond acceptors (Lipinski definition) is 5. The number of nitrogens with one attached hydrogen (secondary N) is 1. The molecule has 0 spiro atoms. The van der Waals surface area contributed by atoms with Gasteiger partial charge in [-0.15, -0.1) is 5.10 Å². The van der Waals surface area contributed by atoms with Crippen molar-refractivity contribution >= 4 is 17.3 Å². The van der Waals surface area contributed by atoms with Crippen molar-refractivity contribution in [3.05, 3.63) is 59.5 Å². The van der Waals surface area contributed by atoms with E-state index in [2.05, 4.69) is 20.4 Å². The number of hydrogen-bond donors (Lipinski definition) is 1. The second-order valence-electron chi connectivity index (χ2n) is 5.90. The lowest BCUT2D eigenvalue weighted by Gasteiger charge is -2.12. The quantitative estimate of drug-likeness (QED) is 0.802. The Kier molecular flexibility index (Phi) is 3.57. The number of ketones is 1. The van der Waals surface area contributed by atoms with E-state index < -0.39 is 0 Å². The van der Waals surface area contributed by atoms with Crippen LogP contribution in [0.3, 0.4) is 0 Å². The number of rotatable bonds is 3. The number of nitrogens with zero attached hydrogens (tertiary/aromatic N) is 4. The highest BCUT2D eigenvalue weighted by Gasteiger charge is 2.28. The Morgan fingerprint density at radius 1 is 1.12 bits per heavy atom. The summed E-state index contributed by atoms with van der Waals surface area (Å²) in [6.45, 7) is 2.03. The largest absolute Gasteiger partial charge is 0.338 e. The van der Waals surface area contributed by atoms with Gasteiger partial charge >= 0.3 is 0 Å². The molecule has 0 bridgehead atoms. The molecule has 0 amide bonds. The maximum absolute atomic E-state index is 12.5. The first-order chi connectivity index (χ1) is 11.7. The van der Waals surface area contributed by atoms with Crippen LogP contribution in [0.4, 0.5) is 11.5 Å². The van der Waals surface area contributed by atoms with Crippen LogP contribution in [-0.2, 0) is 6.42 Å². The second-order valence-corrected chi connectivity index (χ2v) is 5.90. The van der Waals surface area contributed by atoms with Crippen LogP contribution in [0, 0.1) is 6.92 Å². The van der Waals surface area contributed by atoms with Gasteiger partial charge in [0, 0.05) is 24.5 Å². The predicted octanol–water partition coefficient (Wildman–Crippen LogP) is 3.23. The smallest absolute Gasteiger partial charge is 0.250 e. The molecule has 1 aliphatic carbocycles. The summed E-state index contributed by atoms with van der Waals surface area (Å²) in [6, 6.07) is 9.75. The minimum atomic E-state index is 0.119. The van der Waals surface area contributed by atoms with Crippen molar-refractivity contribution in [3.8, 4) is 5.95 Å². The zero-order valence-electron chi connectivity index (χ0n) is 13.4. The third-order valence-corrected chi connectivity index (χ3v) is 4.10. The summed E-state index contributed by atoms with van der Waals surface area (Å²) < 4.78 is 1.69. The van der Waals surface area contributed by atoms with E-state index in [1.165, 1.54) is 0 Å². The Labute approximate surface area is 139 Å². The molecule has 0 fully saturated rings. The Balaban J connectivity index is 1.82. The number of carbonyl (C=O) groups excluding carboxylic acids is 1. The first-order valence-electron chi connectivity index (χ1n) is 7.98. The fraction of sp³-hybridized carbons (Fsp3) is 0.222. The molecule has 0 radical (unpaired) electrons. The van der Waals surface area contributed by atoms with Gasteiger partial charge in [0.15, 0.2) is 11.6 Å². The van der Waals surface area contributed by atoms with Crippen molar-refractivity contribution < 1.29 is 4.79 Å². The zero-order chi connectivity index (χ0) is 16.5. The van der Waals surface area contributed by atoms with Crippen LogP contribution >= 0.6 is 0 Å². The van der Waals surface area contributed by atoms with Crippen molar-refractivity contribution in [3.63, 3.8) is 0 Å². The minimum Gasteiger partial charge on any atom is -0.338 e. The molecule has 6 heteroatoms. The molecule has 0 saturated heterocycles. The summed E-state index contributed by atoms with van der Waals surface area (Å²) in [5.74, 6) is 1.18. The van der Waals surface area contributed by atoms with Crippen LogP contribution in [-0.4, -0.2) is 25.5 Å². The summed E-state index contributed by atoms with van der Waals surface area (Å²) in [5, 5.41) is 7.88. The molecule has 0 atom stereocenters. The summed E-state index contributed by atoms with van der Waals surface area (Å²) in [5.41, 5.74) is 3.60. The Morgan fingerprint density at radius 2 is 1.96 bits per heavy atom. The number of aryl methyl sites for hydroxylation is 1. The SMILES string of the molecule is Cc1cccc(Nc2nn(-c3ncccn3)c3c2C(=O)CCC3)c1. The van der Waals surface area contributed by atoms with E-state index in [1.54, 1.807) is 23.1 Å². The fourth-order valence-corrected chi connectivity index (χ4v) is 3.03. The van der Waals surface area contributed by atoms with Crippen LogP contribution in [0.25, 0.3) is 5.95 Å². The molecule has 6 nitrogen and oxygen atoms in total. The summed E-state index contributed by atoms with van der Waals surface area (Å²) in [6.07, 6.45) is 5.52. The zero-order valence-corrected chi connectivity index (χ0v) is 13.4. The number of anilines is 2. The molecule has 1 aliphatic rings. The number of Topliss-reactive ketones (excluding diaryl/α,β-unsaturated/α-hetero) is 1. The van der Waals surface area contributed by atoms with E-state index in [4.69, 9.17) is 0 Å². The molecule has 24 heavy (non-hydrogen) atoms. The normalized spacial score (nSPS) is 13.6. The summed E-state index contributed by atoms with van der Waals surface area (Å²) >= 11 is 0. The molecule has 1 aromatic carbocycles. The van der Waals surface area contributed by atoms with Gasteiger partial charge in [-0.1, -0.05) is 12.1 Å². The monoisotopic (exact) mass is 319 g/mol. The van der Waals surface area contributed by atoms with Gasteiger partial charge in [-0.2, -0.15) is 0 Å². The predicted molar refractivity (Wildman–Crippen MR) is 90.9 cm³/mol. The van der Waals surface area contributed by atoms with Crippen molar-refractivity contribution in [1.29, 1.82) is 0 Å². The van der Waals surface area contributed by atoms with Crippen LogP contribution < -0.4 is 5.32 Å². The molecule has 2 heterocycles. The first-order valence-corrected chi connectivity index (χ1v) is 7.98. The van der Waals surface area contributed by atoms with Crippen LogP contribution in [0.5, 0.6) is 0 Å². The highest BCUT2D eigenvalue weighted by atomic mass is 16.1. The average Bonchev–Trinajstić information content (AvgIpc) is 2.96. The highest BCUT2D eigenvalue weighted by Crippen LogP contribution is 2.31. The standard InChI is InChI=1S/C18H17N5O/c1-12-5-2-6-13(11-12)21-17-16-14(7-3-8-15(16)24)23(22-17)18-19-9-4-10-20-18/h2,4-6,9-11H,3,7-8H2,1H3,(H,21,22). The minimum absolute atomic E-state index is 0.119. The van der Waals surface area contributed by atoms with Gasteiger partial charge in [0.1, 0.15) is 0 Å². The molecule has 0 aliphatic heterocycles. The Morgan fingerprint density at radius 3 is 2.75 bits per heavy atom. The van der Waals surface area contributed by atoms with E-state index in [1.807, 2.05) is 31.2 Å². The van der Waals surface area contributed by atoms with E-state index in [-0.39, 0.29) is 5.78 Å². The van der Waals surface area contributed by atoms with Gasteiger partial charge in [0.2, 0.25) is 0 Å². The molecule has 120 valence electrons. The van der Waals surface area contributed by atoms with E-state index in [0.717, 1.165) is 29.8 Å². The third kappa shape index (κ3) is 2.56. The average molecular weight is 319 g/mol. The third-order valence-electron chi connectivity index (χ3n) is 4.10.